The van der Waals surface area contributed by atoms with Gasteiger partial charge in [0.15, 0.2) is 12.4 Å². The molecule has 2 rings (SSSR count). The SMILES string of the molecule is C[C@H]1COC(O)[C@@H]1OC(=O)c1ccccc1. The number of carbonyl (C=O) groups excluding carboxylic acids is 1. The fourth-order valence-corrected chi connectivity index (χ4v) is 1.66. The van der Waals surface area contributed by atoms with E-state index >= 15 is 0 Å². The molecule has 1 unspecified atom stereocenters. The second-order valence-corrected chi connectivity index (χ2v) is 3.94. The lowest BCUT2D eigenvalue weighted by molar-refractivity contribution is -0.113. The molecule has 0 spiro atoms. The van der Waals surface area contributed by atoms with Gasteiger partial charge in [-0.25, -0.2) is 4.79 Å². The highest BCUT2D eigenvalue weighted by Gasteiger charge is 2.36. The summed E-state index contributed by atoms with van der Waals surface area (Å²) in [6, 6.07) is 8.71. The average Bonchev–Trinajstić information content (AvgIpc) is 2.62. The smallest absolute Gasteiger partial charge is 0.338 e. The fraction of sp³-hybridized carbons (Fsp3) is 0.417. The van der Waals surface area contributed by atoms with Crippen LogP contribution >= 0.6 is 0 Å². The van der Waals surface area contributed by atoms with E-state index < -0.39 is 18.4 Å². The van der Waals surface area contributed by atoms with Gasteiger partial charge in [0.05, 0.1) is 12.2 Å². The topological polar surface area (TPSA) is 55.8 Å². The van der Waals surface area contributed by atoms with Gasteiger partial charge in [0, 0.05) is 5.92 Å². The van der Waals surface area contributed by atoms with Crippen molar-refractivity contribution >= 4 is 5.97 Å². The molecular weight excluding hydrogens is 208 g/mol. The average molecular weight is 222 g/mol. The summed E-state index contributed by atoms with van der Waals surface area (Å²) in [5.41, 5.74) is 0.480. The zero-order valence-corrected chi connectivity index (χ0v) is 9.00. The zero-order chi connectivity index (χ0) is 11.5. The molecule has 0 saturated carbocycles. The third-order valence-corrected chi connectivity index (χ3v) is 2.62. The van der Waals surface area contributed by atoms with Gasteiger partial charge in [-0.05, 0) is 12.1 Å². The van der Waals surface area contributed by atoms with Crippen molar-refractivity contribution in [2.24, 2.45) is 5.92 Å². The van der Waals surface area contributed by atoms with Gasteiger partial charge in [-0.15, -0.1) is 0 Å². The predicted molar refractivity (Wildman–Crippen MR) is 56.8 cm³/mol. The molecule has 0 aliphatic carbocycles. The number of rotatable bonds is 2. The Bertz CT molecular complexity index is 353. The van der Waals surface area contributed by atoms with Crippen molar-refractivity contribution in [1.82, 2.24) is 0 Å². The van der Waals surface area contributed by atoms with Crippen LogP contribution in [0.15, 0.2) is 30.3 Å². The normalized spacial score (nSPS) is 29.0. The Kier molecular flexibility index (Phi) is 3.22. The zero-order valence-electron chi connectivity index (χ0n) is 9.00. The minimum Gasteiger partial charge on any atom is -0.453 e. The van der Waals surface area contributed by atoms with Gasteiger partial charge in [0.1, 0.15) is 0 Å². The van der Waals surface area contributed by atoms with Crippen LogP contribution in [0.25, 0.3) is 0 Å². The maximum atomic E-state index is 11.7. The van der Waals surface area contributed by atoms with E-state index in [0.717, 1.165) is 0 Å². The molecule has 1 aromatic carbocycles. The molecule has 1 fully saturated rings. The molecular formula is C12H14O4. The molecule has 0 radical (unpaired) electrons. The summed E-state index contributed by atoms with van der Waals surface area (Å²) in [7, 11) is 0. The maximum absolute atomic E-state index is 11.7. The number of hydrogen-bond donors (Lipinski definition) is 1. The molecule has 0 amide bonds. The standard InChI is InChI=1S/C12H14O4/c1-8-7-15-12(14)10(8)16-11(13)9-5-3-2-4-6-9/h2-6,8,10,12,14H,7H2,1H3/t8-,10+,12?/m0/s1. The lowest BCUT2D eigenvalue weighted by Crippen LogP contribution is -2.30. The summed E-state index contributed by atoms with van der Waals surface area (Å²) in [6.07, 6.45) is -1.59. The van der Waals surface area contributed by atoms with E-state index in [2.05, 4.69) is 0 Å². The third kappa shape index (κ3) is 2.23. The van der Waals surface area contributed by atoms with E-state index in [1.165, 1.54) is 0 Å². The van der Waals surface area contributed by atoms with Crippen molar-refractivity contribution < 1.29 is 19.4 Å². The molecule has 0 bridgehead atoms. The Morgan fingerprint density at radius 3 is 2.69 bits per heavy atom. The van der Waals surface area contributed by atoms with Crippen LogP contribution in [0, 0.1) is 5.92 Å². The van der Waals surface area contributed by atoms with Crippen LogP contribution in [0.4, 0.5) is 0 Å². The summed E-state index contributed by atoms with van der Waals surface area (Å²) >= 11 is 0. The van der Waals surface area contributed by atoms with E-state index in [9.17, 15) is 9.90 Å². The number of aliphatic hydroxyl groups excluding tert-OH is 1. The summed E-state index contributed by atoms with van der Waals surface area (Å²) in [4.78, 5) is 11.7. The first-order valence-electron chi connectivity index (χ1n) is 5.24. The van der Waals surface area contributed by atoms with Crippen LogP contribution in [-0.4, -0.2) is 30.1 Å². The van der Waals surface area contributed by atoms with Gasteiger partial charge in [0.2, 0.25) is 0 Å². The number of esters is 1. The number of benzene rings is 1. The van der Waals surface area contributed by atoms with Crippen molar-refractivity contribution in [3.63, 3.8) is 0 Å². The quantitative estimate of drug-likeness (QED) is 0.764. The molecule has 1 aliphatic rings. The highest BCUT2D eigenvalue weighted by atomic mass is 16.7. The number of ether oxygens (including phenoxy) is 2. The highest BCUT2D eigenvalue weighted by molar-refractivity contribution is 5.89. The second kappa shape index (κ2) is 4.63. The summed E-state index contributed by atoms with van der Waals surface area (Å²) in [5.74, 6) is -0.412. The Labute approximate surface area is 93.8 Å². The molecule has 1 aromatic rings. The second-order valence-electron chi connectivity index (χ2n) is 3.94. The van der Waals surface area contributed by atoms with Crippen molar-refractivity contribution in [1.29, 1.82) is 0 Å². The van der Waals surface area contributed by atoms with Crippen LogP contribution in [-0.2, 0) is 9.47 Å². The minimum atomic E-state index is -1.01. The molecule has 1 heterocycles. The van der Waals surface area contributed by atoms with Gasteiger partial charge in [0.25, 0.3) is 0 Å². The molecule has 1 N–H and O–H groups in total. The molecule has 3 atom stereocenters. The summed E-state index contributed by atoms with van der Waals surface area (Å²) < 4.78 is 10.2. The highest BCUT2D eigenvalue weighted by Crippen LogP contribution is 2.22. The van der Waals surface area contributed by atoms with Crippen molar-refractivity contribution in [2.75, 3.05) is 6.61 Å². The molecule has 1 aliphatic heterocycles. The van der Waals surface area contributed by atoms with E-state index in [1.807, 2.05) is 13.0 Å². The lowest BCUT2D eigenvalue weighted by Gasteiger charge is -2.17. The van der Waals surface area contributed by atoms with Crippen LogP contribution in [0.5, 0.6) is 0 Å². The maximum Gasteiger partial charge on any atom is 0.338 e. The van der Waals surface area contributed by atoms with E-state index in [1.54, 1.807) is 24.3 Å². The largest absolute Gasteiger partial charge is 0.453 e. The Balaban J connectivity index is 2.02. The number of hydrogen-bond acceptors (Lipinski definition) is 4. The van der Waals surface area contributed by atoms with Gasteiger partial charge in [-0.3, -0.25) is 0 Å². The predicted octanol–water partition coefficient (Wildman–Crippen LogP) is 1.20. The van der Waals surface area contributed by atoms with Gasteiger partial charge >= 0.3 is 5.97 Å². The number of carbonyl (C=O) groups is 1. The first-order valence-corrected chi connectivity index (χ1v) is 5.24. The van der Waals surface area contributed by atoms with Gasteiger partial charge in [-0.1, -0.05) is 25.1 Å². The van der Waals surface area contributed by atoms with E-state index in [-0.39, 0.29) is 5.92 Å². The summed E-state index contributed by atoms with van der Waals surface area (Å²) in [6.45, 7) is 2.28. The van der Waals surface area contributed by atoms with Crippen molar-refractivity contribution in [3.8, 4) is 0 Å². The molecule has 4 nitrogen and oxygen atoms in total. The molecule has 16 heavy (non-hydrogen) atoms. The van der Waals surface area contributed by atoms with E-state index in [0.29, 0.717) is 12.2 Å². The van der Waals surface area contributed by atoms with Crippen molar-refractivity contribution in [2.45, 2.75) is 19.3 Å². The monoisotopic (exact) mass is 222 g/mol. The number of aliphatic hydroxyl groups is 1. The first-order chi connectivity index (χ1) is 7.68. The van der Waals surface area contributed by atoms with Gasteiger partial charge in [-0.2, -0.15) is 0 Å². The Morgan fingerprint density at radius 1 is 1.44 bits per heavy atom. The third-order valence-electron chi connectivity index (χ3n) is 2.62. The van der Waals surface area contributed by atoms with Crippen LogP contribution in [0.3, 0.4) is 0 Å². The molecule has 0 aromatic heterocycles. The van der Waals surface area contributed by atoms with E-state index in [4.69, 9.17) is 9.47 Å². The lowest BCUT2D eigenvalue weighted by atomic mass is 10.1. The Morgan fingerprint density at radius 2 is 2.12 bits per heavy atom. The first kappa shape index (κ1) is 11.1. The minimum absolute atomic E-state index is 0.0164. The van der Waals surface area contributed by atoms with Crippen LogP contribution in [0.1, 0.15) is 17.3 Å². The van der Waals surface area contributed by atoms with Crippen LogP contribution in [0.2, 0.25) is 0 Å². The van der Waals surface area contributed by atoms with Crippen LogP contribution < -0.4 is 0 Å². The molecule has 1 saturated heterocycles. The van der Waals surface area contributed by atoms with Crippen molar-refractivity contribution in [3.05, 3.63) is 35.9 Å². The molecule has 86 valence electrons. The fourth-order valence-electron chi connectivity index (χ4n) is 1.66. The Hall–Kier alpha value is -1.39. The summed E-state index contributed by atoms with van der Waals surface area (Å²) in [5, 5.41) is 9.46. The molecule has 4 heteroatoms. The van der Waals surface area contributed by atoms with Gasteiger partial charge < -0.3 is 14.6 Å².